The summed E-state index contributed by atoms with van der Waals surface area (Å²) in [6.45, 7) is 7.27. The number of amides is 1. The van der Waals surface area contributed by atoms with Crippen molar-refractivity contribution in [2.45, 2.75) is 33.9 Å². The number of nitrogens with zero attached hydrogens (tertiary/aromatic N) is 2. The van der Waals surface area contributed by atoms with Crippen molar-refractivity contribution in [3.8, 4) is 5.75 Å². The molecule has 1 heterocycles. The number of carbonyl (C=O) groups is 1. The third-order valence-corrected chi connectivity index (χ3v) is 5.33. The summed E-state index contributed by atoms with van der Waals surface area (Å²) in [7, 11) is 0. The van der Waals surface area contributed by atoms with Crippen LogP contribution in [0.2, 0.25) is 0 Å². The van der Waals surface area contributed by atoms with Crippen LogP contribution in [0.5, 0.6) is 5.75 Å². The summed E-state index contributed by atoms with van der Waals surface area (Å²) < 4.78 is 7.81. The number of para-hydroxylation sites is 1. The van der Waals surface area contributed by atoms with Crippen molar-refractivity contribution < 1.29 is 9.53 Å². The molecule has 0 radical (unpaired) electrons. The minimum absolute atomic E-state index is 0.165. The van der Waals surface area contributed by atoms with Crippen LogP contribution in [0.4, 0.5) is 5.69 Å². The normalized spacial score (nSPS) is 10.7. The number of hydrogen-bond donors (Lipinski definition) is 1. The highest BCUT2D eigenvalue weighted by atomic mass is 16.5. The molecule has 0 unspecified atom stereocenters. The maximum Gasteiger partial charge on any atom is 0.255 e. The van der Waals surface area contributed by atoms with E-state index >= 15 is 0 Å². The van der Waals surface area contributed by atoms with E-state index in [1.807, 2.05) is 73.3 Å². The molecule has 5 nitrogen and oxygen atoms in total. The Morgan fingerprint density at radius 2 is 1.66 bits per heavy atom. The largest absolute Gasteiger partial charge is 0.488 e. The van der Waals surface area contributed by atoms with Crippen LogP contribution >= 0.6 is 0 Å². The molecule has 0 saturated carbocycles. The molecule has 0 spiro atoms. The number of hydrogen-bond acceptors (Lipinski definition) is 3. The van der Waals surface area contributed by atoms with E-state index in [9.17, 15) is 4.79 Å². The Bertz CT molecular complexity index is 1210. The number of benzene rings is 3. The van der Waals surface area contributed by atoms with Crippen molar-refractivity contribution in [2.75, 3.05) is 5.32 Å². The van der Waals surface area contributed by atoms with Crippen LogP contribution in [0.25, 0.3) is 0 Å². The molecule has 0 saturated heterocycles. The van der Waals surface area contributed by atoms with E-state index < -0.39 is 0 Å². The first-order chi connectivity index (χ1) is 15.5. The molecule has 0 aliphatic rings. The molecule has 4 rings (SSSR count). The van der Waals surface area contributed by atoms with E-state index in [0.717, 1.165) is 22.4 Å². The third kappa shape index (κ3) is 5.24. The summed E-state index contributed by atoms with van der Waals surface area (Å²) in [6, 6.07) is 21.9. The van der Waals surface area contributed by atoms with Gasteiger partial charge in [-0.25, -0.2) is 0 Å². The molecule has 1 amide bonds. The Balaban J connectivity index is 1.34. The van der Waals surface area contributed by atoms with Gasteiger partial charge in [0.1, 0.15) is 12.4 Å². The Morgan fingerprint density at radius 1 is 0.938 bits per heavy atom. The zero-order valence-electron chi connectivity index (χ0n) is 18.6. The van der Waals surface area contributed by atoms with Crippen LogP contribution in [0.1, 0.15) is 38.2 Å². The number of aryl methyl sites for hydroxylation is 3. The number of rotatable bonds is 7. The molecular formula is C27H27N3O2. The molecule has 32 heavy (non-hydrogen) atoms. The van der Waals surface area contributed by atoms with Crippen molar-refractivity contribution in [3.05, 3.63) is 113 Å². The first-order valence-corrected chi connectivity index (χ1v) is 10.7. The van der Waals surface area contributed by atoms with E-state index in [1.165, 1.54) is 11.1 Å². The second-order valence-corrected chi connectivity index (χ2v) is 8.08. The molecule has 0 aliphatic heterocycles. The zero-order chi connectivity index (χ0) is 22.5. The van der Waals surface area contributed by atoms with Crippen molar-refractivity contribution in [2.24, 2.45) is 0 Å². The van der Waals surface area contributed by atoms with Gasteiger partial charge in [-0.1, -0.05) is 60.2 Å². The number of carbonyl (C=O) groups excluding carboxylic acids is 1. The maximum atomic E-state index is 12.6. The van der Waals surface area contributed by atoms with Gasteiger partial charge in [0, 0.05) is 11.8 Å². The van der Waals surface area contributed by atoms with Gasteiger partial charge in [-0.2, -0.15) is 5.10 Å². The van der Waals surface area contributed by atoms with Crippen LogP contribution < -0.4 is 10.1 Å². The van der Waals surface area contributed by atoms with Crippen LogP contribution in [0.3, 0.4) is 0 Å². The molecule has 3 aromatic carbocycles. The lowest BCUT2D eigenvalue weighted by Gasteiger charge is -2.12. The standard InChI is InChI=1S/C27H27N3O2/c1-19-6-4-9-23(14-19)16-30-17-25(15-28-30)29-27(31)24-12-10-22(11-13-24)18-32-26-20(2)7-5-8-21(26)3/h4-15,17H,16,18H2,1-3H3,(H,29,31). The van der Waals surface area contributed by atoms with Gasteiger partial charge in [0.2, 0.25) is 0 Å². The molecule has 162 valence electrons. The summed E-state index contributed by atoms with van der Waals surface area (Å²) in [6.07, 6.45) is 3.51. The van der Waals surface area contributed by atoms with Crippen molar-refractivity contribution in [3.63, 3.8) is 0 Å². The van der Waals surface area contributed by atoms with Gasteiger partial charge in [0.15, 0.2) is 0 Å². The fourth-order valence-corrected chi connectivity index (χ4v) is 3.65. The van der Waals surface area contributed by atoms with Crippen molar-refractivity contribution >= 4 is 11.6 Å². The number of anilines is 1. The molecule has 0 atom stereocenters. The summed E-state index contributed by atoms with van der Waals surface area (Å²) in [5, 5.41) is 7.27. The van der Waals surface area contributed by atoms with Gasteiger partial charge in [-0.3, -0.25) is 9.48 Å². The topological polar surface area (TPSA) is 56.2 Å². The highest BCUT2D eigenvalue weighted by molar-refractivity contribution is 6.04. The Morgan fingerprint density at radius 3 is 2.38 bits per heavy atom. The first kappa shape index (κ1) is 21.4. The fourth-order valence-electron chi connectivity index (χ4n) is 3.65. The number of nitrogens with one attached hydrogen (secondary N) is 1. The highest BCUT2D eigenvalue weighted by Crippen LogP contribution is 2.23. The predicted molar refractivity (Wildman–Crippen MR) is 127 cm³/mol. The maximum absolute atomic E-state index is 12.6. The van der Waals surface area contributed by atoms with E-state index in [-0.39, 0.29) is 5.91 Å². The summed E-state index contributed by atoms with van der Waals surface area (Å²) in [5.74, 6) is 0.749. The van der Waals surface area contributed by atoms with Crippen LogP contribution in [0.15, 0.2) is 79.1 Å². The molecule has 1 aromatic heterocycles. The highest BCUT2D eigenvalue weighted by Gasteiger charge is 2.09. The molecule has 4 aromatic rings. The Labute approximate surface area is 188 Å². The van der Waals surface area contributed by atoms with E-state index in [4.69, 9.17) is 4.74 Å². The van der Waals surface area contributed by atoms with Gasteiger partial charge in [0.05, 0.1) is 18.4 Å². The zero-order valence-corrected chi connectivity index (χ0v) is 18.6. The number of aromatic nitrogens is 2. The second kappa shape index (κ2) is 9.52. The molecule has 0 fully saturated rings. The number of ether oxygens (including phenoxy) is 1. The van der Waals surface area contributed by atoms with Gasteiger partial charge in [0.25, 0.3) is 5.91 Å². The molecule has 1 N–H and O–H groups in total. The van der Waals surface area contributed by atoms with E-state index in [2.05, 4.69) is 35.5 Å². The predicted octanol–water partition coefficient (Wildman–Crippen LogP) is 5.69. The minimum atomic E-state index is -0.165. The monoisotopic (exact) mass is 425 g/mol. The quantitative estimate of drug-likeness (QED) is 0.414. The average Bonchev–Trinajstić information content (AvgIpc) is 3.20. The summed E-state index contributed by atoms with van der Waals surface area (Å²) in [4.78, 5) is 12.6. The van der Waals surface area contributed by atoms with Crippen LogP contribution in [-0.2, 0) is 13.2 Å². The Kier molecular flexibility index (Phi) is 6.36. The van der Waals surface area contributed by atoms with Crippen molar-refractivity contribution in [1.82, 2.24) is 9.78 Å². The van der Waals surface area contributed by atoms with E-state index in [1.54, 1.807) is 6.20 Å². The third-order valence-electron chi connectivity index (χ3n) is 5.33. The SMILES string of the molecule is Cc1cccc(Cn2cc(NC(=O)c3ccc(COc4c(C)cccc4C)cc3)cn2)c1. The van der Waals surface area contributed by atoms with Gasteiger partial charge >= 0.3 is 0 Å². The van der Waals surface area contributed by atoms with Gasteiger partial charge in [-0.05, 0) is 55.2 Å². The molecule has 0 bridgehead atoms. The van der Waals surface area contributed by atoms with Crippen LogP contribution in [0, 0.1) is 20.8 Å². The molecule has 5 heteroatoms. The van der Waals surface area contributed by atoms with Crippen molar-refractivity contribution in [1.29, 1.82) is 0 Å². The summed E-state index contributed by atoms with van der Waals surface area (Å²) in [5.41, 5.74) is 6.89. The lowest BCUT2D eigenvalue weighted by atomic mass is 10.1. The average molecular weight is 426 g/mol. The van der Waals surface area contributed by atoms with Gasteiger partial charge < -0.3 is 10.1 Å². The molecular weight excluding hydrogens is 398 g/mol. The fraction of sp³-hybridized carbons (Fsp3) is 0.185. The first-order valence-electron chi connectivity index (χ1n) is 10.7. The van der Waals surface area contributed by atoms with Gasteiger partial charge in [-0.15, -0.1) is 0 Å². The lowest BCUT2D eigenvalue weighted by molar-refractivity contribution is 0.102. The van der Waals surface area contributed by atoms with E-state index in [0.29, 0.717) is 24.4 Å². The Hall–Kier alpha value is -3.86. The smallest absolute Gasteiger partial charge is 0.255 e. The van der Waals surface area contributed by atoms with Crippen LogP contribution in [-0.4, -0.2) is 15.7 Å². The summed E-state index contributed by atoms with van der Waals surface area (Å²) >= 11 is 0. The minimum Gasteiger partial charge on any atom is -0.488 e. The molecule has 0 aliphatic carbocycles. The second-order valence-electron chi connectivity index (χ2n) is 8.08. The lowest BCUT2D eigenvalue weighted by Crippen LogP contribution is -2.11.